The van der Waals surface area contributed by atoms with Crippen molar-refractivity contribution in [2.75, 3.05) is 13.1 Å². The first kappa shape index (κ1) is 21.5. The molecule has 2 aromatic heterocycles. The molecule has 0 spiro atoms. The standard InChI is InChI=1S/C19H24FN5O5/c1-19(2,29)10-25-8-12(7-23-25)11-5-13(16(21)26)17(22-6-11)30-15-3-4-24(18(27)28)9-14(15)20/h5-8,14-15,29H,3-4,9-10H2,1-2H3,(H2,21,26)(H,27,28)/t14-,15+/m0/s1. The Kier molecular flexibility index (Phi) is 5.92. The molecule has 0 bridgehead atoms. The quantitative estimate of drug-likeness (QED) is 0.637. The molecule has 1 aliphatic rings. The lowest BCUT2D eigenvalue weighted by atomic mass is 10.1. The maximum atomic E-state index is 14.4. The third kappa shape index (κ3) is 5.03. The Labute approximate surface area is 172 Å². The van der Waals surface area contributed by atoms with Gasteiger partial charge in [-0.05, 0) is 19.9 Å². The maximum absolute atomic E-state index is 14.4. The van der Waals surface area contributed by atoms with Crippen LogP contribution < -0.4 is 10.5 Å². The number of ether oxygens (including phenoxy) is 1. The second-order valence-corrected chi connectivity index (χ2v) is 7.87. The van der Waals surface area contributed by atoms with Gasteiger partial charge in [0.2, 0.25) is 5.88 Å². The molecule has 4 N–H and O–H groups in total. The fourth-order valence-corrected chi connectivity index (χ4v) is 3.21. The molecule has 2 aromatic rings. The summed E-state index contributed by atoms with van der Waals surface area (Å²) in [4.78, 5) is 28.0. The van der Waals surface area contributed by atoms with E-state index in [1.54, 1.807) is 30.9 Å². The number of carbonyl (C=O) groups excluding carboxylic acids is 1. The molecule has 11 heteroatoms. The Balaban J connectivity index is 1.79. The molecule has 0 radical (unpaired) electrons. The highest BCUT2D eigenvalue weighted by Crippen LogP contribution is 2.27. The van der Waals surface area contributed by atoms with Crippen molar-refractivity contribution in [2.45, 2.75) is 44.7 Å². The maximum Gasteiger partial charge on any atom is 0.407 e. The highest BCUT2D eigenvalue weighted by molar-refractivity contribution is 5.96. The largest absolute Gasteiger partial charge is 0.471 e. The molecule has 1 saturated heterocycles. The van der Waals surface area contributed by atoms with Crippen molar-refractivity contribution in [1.29, 1.82) is 0 Å². The molecule has 2 atom stereocenters. The minimum atomic E-state index is -1.56. The van der Waals surface area contributed by atoms with E-state index in [9.17, 15) is 19.1 Å². The number of likely N-dealkylation sites (tertiary alicyclic amines) is 1. The Bertz CT molecular complexity index is 942. The molecule has 3 rings (SSSR count). The Morgan fingerprint density at radius 1 is 1.37 bits per heavy atom. The van der Waals surface area contributed by atoms with Gasteiger partial charge in [0.05, 0.1) is 24.9 Å². The number of hydrogen-bond acceptors (Lipinski definition) is 6. The number of carbonyl (C=O) groups is 2. The molecule has 162 valence electrons. The summed E-state index contributed by atoms with van der Waals surface area (Å²) in [6.07, 6.45) is 1.14. The highest BCUT2D eigenvalue weighted by Gasteiger charge is 2.34. The summed E-state index contributed by atoms with van der Waals surface area (Å²) in [6.45, 7) is 3.39. The minimum absolute atomic E-state index is 0.0180. The van der Waals surface area contributed by atoms with Crippen LogP contribution in [0.2, 0.25) is 0 Å². The SMILES string of the molecule is CC(C)(O)Cn1cc(-c2cnc(O[C@@H]3CCN(C(=O)O)C[C@@H]3F)c(C(N)=O)c2)cn1. The molecule has 0 unspecified atom stereocenters. The number of pyridine rings is 1. The molecule has 1 aliphatic heterocycles. The summed E-state index contributed by atoms with van der Waals surface area (Å²) < 4.78 is 21.5. The number of primary amides is 1. The minimum Gasteiger partial charge on any atom is -0.471 e. The van der Waals surface area contributed by atoms with Gasteiger partial charge in [-0.2, -0.15) is 5.10 Å². The summed E-state index contributed by atoms with van der Waals surface area (Å²) in [6, 6.07) is 1.48. The molecule has 0 aliphatic carbocycles. The lowest BCUT2D eigenvalue weighted by molar-refractivity contribution is 0.0222. The van der Waals surface area contributed by atoms with Crippen LogP contribution in [0.3, 0.4) is 0 Å². The van der Waals surface area contributed by atoms with Gasteiger partial charge in [-0.3, -0.25) is 9.48 Å². The highest BCUT2D eigenvalue weighted by atomic mass is 19.1. The van der Waals surface area contributed by atoms with E-state index >= 15 is 0 Å². The molecule has 0 aromatic carbocycles. The van der Waals surface area contributed by atoms with Crippen LogP contribution in [0.1, 0.15) is 30.6 Å². The first-order valence-corrected chi connectivity index (χ1v) is 9.37. The second-order valence-electron chi connectivity index (χ2n) is 7.87. The van der Waals surface area contributed by atoms with Crippen LogP contribution in [-0.2, 0) is 6.54 Å². The topological polar surface area (TPSA) is 144 Å². The Morgan fingerprint density at radius 2 is 2.10 bits per heavy atom. The van der Waals surface area contributed by atoms with Gasteiger partial charge in [-0.25, -0.2) is 14.2 Å². The van der Waals surface area contributed by atoms with Gasteiger partial charge in [0.25, 0.3) is 5.91 Å². The van der Waals surface area contributed by atoms with E-state index in [1.165, 1.54) is 12.3 Å². The lowest BCUT2D eigenvalue weighted by Gasteiger charge is -2.33. The van der Waals surface area contributed by atoms with Crippen LogP contribution in [0.15, 0.2) is 24.7 Å². The van der Waals surface area contributed by atoms with Gasteiger partial charge in [0, 0.05) is 36.5 Å². The number of aliphatic hydroxyl groups is 1. The predicted molar refractivity (Wildman–Crippen MR) is 104 cm³/mol. The zero-order valence-electron chi connectivity index (χ0n) is 16.7. The van der Waals surface area contributed by atoms with E-state index in [2.05, 4.69) is 10.1 Å². The van der Waals surface area contributed by atoms with Crippen molar-refractivity contribution >= 4 is 12.0 Å². The van der Waals surface area contributed by atoms with E-state index in [1.807, 2.05) is 0 Å². The average Bonchev–Trinajstić information content (AvgIpc) is 3.09. The molecule has 30 heavy (non-hydrogen) atoms. The third-order valence-corrected chi connectivity index (χ3v) is 4.65. The second kappa shape index (κ2) is 8.27. The van der Waals surface area contributed by atoms with Crippen LogP contribution in [0.4, 0.5) is 9.18 Å². The number of nitrogens with zero attached hydrogens (tertiary/aromatic N) is 4. The van der Waals surface area contributed by atoms with Crippen LogP contribution in [0.5, 0.6) is 5.88 Å². The van der Waals surface area contributed by atoms with Crippen molar-refractivity contribution in [1.82, 2.24) is 19.7 Å². The van der Waals surface area contributed by atoms with Gasteiger partial charge >= 0.3 is 6.09 Å². The smallest absolute Gasteiger partial charge is 0.407 e. The first-order chi connectivity index (χ1) is 14.0. The summed E-state index contributed by atoms with van der Waals surface area (Å²) >= 11 is 0. The summed E-state index contributed by atoms with van der Waals surface area (Å²) in [7, 11) is 0. The predicted octanol–water partition coefficient (Wildman–Crippen LogP) is 1.28. The van der Waals surface area contributed by atoms with E-state index in [4.69, 9.17) is 15.6 Å². The monoisotopic (exact) mass is 421 g/mol. The van der Waals surface area contributed by atoms with Crippen molar-refractivity contribution in [3.8, 4) is 17.0 Å². The molecule has 2 amide bonds. The average molecular weight is 421 g/mol. The number of carboxylic acid groups (broad SMARTS) is 1. The zero-order valence-corrected chi connectivity index (χ0v) is 16.7. The van der Waals surface area contributed by atoms with Gasteiger partial charge in [-0.1, -0.05) is 0 Å². The molecular weight excluding hydrogens is 397 g/mol. The summed E-state index contributed by atoms with van der Waals surface area (Å²) in [5.74, 6) is -0.895. The van der Waals surface area contributed by atoms with E-state index in [0.717, 1.165) is 4.90 Å². The number of alkyl halides is 1. The van der Waals surface area contributed by atoms with Crippen LogP contribution >= 0.6 is 0 Å². The van der Waals surface area contributed by atoms with Crippen molar-refractivity contribution in [2.24, 2.45) is 5.73 Å². The van der Waals surface area contributed by atoms with Crippen LogP contribution in [0.25, 0.3) is 11.1 Å². The zero-order chi connectivity index (χ0) is 22.1. The summed E-state index contributed by atoms with van der Waals surface area (Å²) in [5, 5.41) is 23.1. The number of nitrogens with two attached hydrogens (primary N) is 1. The number of halogens is 1. The van der Waals surface area contributed by atoms with Crippen molar-refractivity contribution < 1.29 is 28.9 Å². The fraction of sp³-hybridized carbons (Fsp3) is 0.474. The molecule has 0 saturated carbocycles. The van der Waals surface area contributed by atoms with Crippen LogP contribution in [-0.4, -0.2) is 72.8 Å². The van der Waals surface area contributed by atoms with Gasteiger partial charge in [0.15, 0.2) is 6.17 Å². The van der Waals surface area contributed by atoms with Gasteiger partial charge < -0.3 is 25.6 Å². The number of aromatic nitrogens is 3. The van der Waals surface area contributed by atoms with Crippen molar-refractivity contribution in [3.63, 3.8) is 0 Å². The number of rotatable bonds is 6. The number of hydrogen-bond donors (Lipinski definition) is 3. The van der Waals surface area contributed by atoms with E-state index < -0.39 is 29.9 Å². The normalized spacial score (nSPS) is 19.5. The van der Waals surface area contributed by atoms with Crippen LogP contribution in [0, 0.1) is 0 Å². The molecule has 10 nitrogen and oxygen atoms in total. The van der Waals surface area contributed by atoms with E-state index in [0.29, 0.717) is 11.1 Å². The fourth-order valence-electron chi connectivity index (χ4n) is 3.21. The molecule has 1 fully saturated rings. The number of amides is 2. The Hall–Kier alpha value is -3.21. The third-order valence-electron chi connectivity index (χ3n) is 4.65. The Morgan fingerprint density at radius 3 is 2.70 bits per heavy atom. The van der Waals surface area contributed by atoms with Crippen molar-refractivity contribution in [3.05, 3.63) is 30.2 Å². The summed E-state index contributed by atoms with van der Waals surface area (Å²) in [5.41, 5.74) is 5.70. The van der Waals surface area contributed by atoms with Gasteiger partial charge in [-0.15, -0.1) is 0 Å². The molecule has 3 heterocycles. The first-order valence-electron chi connectivity index (χ1n) is 9.37. The molecular formula is C19H24FN5O5. The number of piperidine rings is 1. The van der Waals surface area contributed by atoms with E-state index in [-0.39, 0.29) is 37.5 Å². The lowest BCUT2D eigenvalue weighted by Crippen LogP contribution is -2.49. The van der Waals surface area contributed by atoms with Gasteiger partial charge in [0.1, 0.15) is 11.7 Å².